The predicted molar refractivity (Wildman–Crippen MR) is 40.7 cm³/mol. The van der Waals surface area contributed by atoms with E-state index in [1.165, 1.54) is 0 Å². The van der Waals surface area contributed by atoms with E-state index in [2.05, 4.69) is 0 Å². The number of aliphatic hydroxyl groups is 2. The smallest absolute Gasteiger partial charge is 0.247 e. The molecular formula is C7H5ClO4. The fraction of sp³-hybridized carbons (Fsp3) is 0.143. The summed E-state index contributed by atoms with van der Waals surface area (Å²) < 4.78 is 0. The number of ketones is 2. The minimum absolute atomic E-state index is 0.0374. The lowest BCUT2D eigenvalue weighted by atomic mass is 10.0. The lowest BCUT2D eigenvalue weighted by Gasteiger charge is -2.09. The first kappa shape index (κ1) is 8.96. The molecule has 0 amide bonds. The Hall–Kier alpha value is -1.13. The first-order chi connectivity index (χ1) is 5.57. The first-order valence-corrected chi connectivity index (χ1v) is 3.45. The Balaban J connectivity index is 3.18. The second-order valence-electron chi connectivity index (χ2n) is 2.18. The highest BCUT2D eigenvalue weighted by Gasteiger charge is 2.26. The van der Waals surface area contributed by atoms with Gasteiger partial charge in [-0.1, -0.05) is 11.6 Å². The second kappa shape index (κ2) is 3.08. The zero-order valence-electron chi connectivity index (χ0n) is 5.87. The van der Waals surface area contributed by atoms with Crippen molar-refractivity contribution in [1.29, 1.82) is 0 Å². The van der Waals surface area contributed by atoms with Crippen LogP contribution >= 0.6 is 11.6 Å². The Labute approximate surface area is 72.8 Å². The Kier molecular flexibility index (Phi) is 2.30. The summed E-state index contributed by atoms with van der Waals surface area (Å²) in [5.74, 6) is -2.31. The zero-order valence-corrected chi connectivity index (χ0v) is 6.63. The SMILES string of the molecule is O=C1C=C(CO)C(O)=C(Cl)C1=O. The molecule has 4 nitrogen and oxygen atoms in total. The molecule has 0 aromatic heterocycles. The van der Waals surface area contributed by atoms with E-state index in [-0.39, 0.29) is 5.57 Å². The van der Waals surface area contributed by atoms with E-state index in [1.807, 2.05) is 0 Å². The van der Waals surface area contributed by atoms with Crippen molar-refractivity contribution >= 4 is 23.2 Å². The zero-order chi connectivity index (χ0) is 9.30. The standard InChI is InChI=1S/C7H5ClO4/c8-5-6(11)3(2-9)1-4(10)7(5)12/h1,9,11H,2H2. The largest absolute Gasteiger partial charge is 0.506 e. The highest BCUT2D eigenvalue weighted by atomic mass is 35.5. The molecule has 1 aliphatic carbocycles. The average molecular weight is 189 g/mol. The van der Waals surface area contributed by atoms with E-state index in [1.54, 1.807) is 0 Å². The number of carbonyl (C=O) groups is 2. The molecule has 0 unspecified atom stereocenters. The lowest BCUT2D eigenvalue weighted by Crippen LogP contribution is -2.19. The molecular weight excluding hydrogens is 184 g/mol. The van der Waals surface area contributed by atoms with Gasteiger partial charge in [-0.3, -0.25) is 9.59 Å². The molecule has 0 bridgehead atoms. The number of carbonyl (C=O) groups excluding carboxylic acids is 2. The minimum Gasteiger partial charge on any atom is -0.506 e. The Bertz CT molecular complexity index is 313. The van der Waals surface area contributed by atoms with Gasteiger partial charge in [-0.25, -0.2) is 0 Å². The van der Waals surface area contributed by atoms with Crippen LogP contribution in [0, 0.1) is 0 Å². The van der Waals surface area contributed by atoms with Gasteiger partial charge < -0.3 is 10.2 Å². The first-order valence-electron chi connectivity index (χ1n) is 3.07. The third-order valence-electron chi connectivity index (χ3n) is 1.41. The van der Waals surface area contributed by atoms with Gasteiger partial charge in [0.1, 0.15) is 10.8 Å². The highest BCUT2D eigenvalue weighted by Crippen LogP contribution is 2.21. The van der Waals surface area contributed by atoms with Crippen molar-refractivity contribution in [2.24, 2.45) is 0 Å². The van der Waals surface area contributed by atoms with Crippen LogP contribution < -0.4 is 0 Å². The molecule has 5 heteroatoms. The van der Waals surface area contributed by atoms with E-state index in [0.29, 0.717) is 0 Å². The number of rotatable bonds is 1. The maximum absolute atomic E-state index is 10.8. The summed E-state index contributed by atoms with van der Waals surface area (Å²) >= 11 is 5.29. The van der Waals surface area contributed by atoms with Crippen LogP contribution in [0.25, 0.3) is 0 Å². The van der Waals surface area contributed by atoms with Gasteiger partial charge in [0.25, 0.3) is 0 Å². The van der Waals surface area contributed by atoms with E-state index < -0.39 is 29.0 Å². The summed E-state index contributed by atoms with van der Waals surface area (Å²) in [6, 6.07) is 0. The quantitative estimate of drug-likeness (QED) is 0.451. The summed E-state index contributed by atoms with van der Waals surface area (Å²) in [6.07, 6.45) is 0.865. The van der Waals surface area contributed by atoms with Gasteiger partial charge in [-0.2, -0.15) is 0 Å². The number of hydrogen-bond donors (Lipinski definition) is 2. The van der Waals surface area contributed by atoms with Gasteiger partial charge in [-0.15, -0.1) is 0 Å². The molecule has 0 fully saturated rings. The van der Waals surface area contributed by atoms with Crippen LogP contribution in [-0.4, -0.2) is 28.4 Å². The molecule has 0 heterocycles. The number of allylic oxidation sites excluding steroid dienone is 2. The maximum Gasteiger partial charge on any atom is 0.247 e. The highest BCUT2D eigenvalue weighted by molar-refractivity contribution is 6.61. The molecule has 2 N–H and O–H groups in total. The van der Waals surface area contributed by atoms with Gasteiger partial charge in [-0.05, 0) is 6.08 Å². The average Bonchev–Trinajstić information content (AvgIpc) is 2.08. The fourth-order valence-corrected chi connectivity index (χ4v) is 0.984. The summed E-state index contributed by atoms with van der Waals surface area (Å²) in [6.45, 7) is -0.527. The molecule has 0 radical (unpaired) electrons. The van der Waals surface area contributed by atoms with Gasteiger partial charge in [0.05, 0.1) is 6.61 Å². The molecule has 12 heavy (non-hydrogen) atoms. The molecule has 1 aliphatic rings. The molecule has 0 spiro atoms. The van der Waals surface area contributed by atoms with Crippen molar-refractivity contribution in [3.8, 4) is 0 Å². The van der Waals surface area contributed by atoms with Crippen LogP contribution in [0.5, 0.6) is 0 Å². The van der Waals surface area contributed by atoms with Gasteiger partial charge in [0, 0.05) is 5.57 Å². The van der Waals surface area contributed by atoms with Crippen LogP contribution in [0.3, 0.4) is 0 Å². The second-order valence-corrected chi connectivity index (χ2v) is 2.56. The molecule has 0 saturated heterocycles. The topological polar surface area (TPSA) is 74.6 Å². The van der Waals surface area contributed by atoms with Crippen LogP contribution in [0.1, 0.15) is 0 Å². The number of halogens is 1. The normalized spacial score (nSPS) is 18.3. The summed E-state index contributed by atoms with van der Waals surface area (Å²) in [7, 11) is 0. The monoisotopic (exact) mass is 188 g/mol. The van der Waals surface area contributed by atoms with Crippen molar-refractivity contribution in [2.75, 3.05) is 6.61 Å². The predicted octanol–water partition coefficient (Wildman–Crippen LogP) is 0.0653. The van der Waals surface area contributed by atoms with Crippen LogP contribution in [0.15, 0.2) is 22.4 Å². The van der Waals surface area contributed by atoms with E-state index in [0.717, 1.165) is 6.08 Å². The molecule has 0 aliphatic heterocycles. The summed E-state index contributed by atoms with van der Waals surface area (Å²) in [5, 5.41) is 17.1. The van der Waals surface area contributed by atoms with Gasteiger partial charge >= 0.3 is 0 Å². The third kappa shape index (κ3) is 1.26. The minimum atomic E-state index is -0.952. The molecule has 0 atom stereocenters. The summed E-state index contributed by atoms with van der Waals surface area (Å²) in [4.78, 5) is 21.5. The van der Waals surface area contributed by atoms with E-state index in [4.69, 9.17) is 21.8 Å². The van der Waals surface area contributed by atoms with E-state index >= 15 is 0 Å². The van der Waals surface area contributed by atoms with Crippen LogP contribution in [0.4, 0.5) is 0 Å². The van der Waals surface area contributed by atoms with Gasteiger partial charge in [0.15, 0.2) is 0 Å². The Morgan fingerprint density at radius 1 is 1.42 bits per heavy atom. The van der Waals surface area contributed by atoms with Gasteiger partial charge in [0.2, 0.25) is 11.6 Å². The molecule has 0 aromatic rings. The van der Waals surface area contributed by atoms with Crippen molar-refractivity contribution in [1.82, 2.24) is 0 Å². The van der Waals surface area contributed by atoms with Crippen LogP contribution in [0.2, 0.25) is 0 Å². The number of aliphatic hydroxyl groups excluding tert-OH is 2. The van der Waals surface area contributed by atoms with Crippen molar-refractivity contribution in [2.45, 2.75) is 0 Å². The van der Waals surface area contributed by atoms with Crippen molar-refractivity contribution < 1.29 is 19.8 Å². The lowest BCUT2D eigenvalue weighted by molar-refractivity contribution is -0.131. The Morgan fingerprint density at radius 3 is 2.50 bits per heavy atom. The molecule has 1 rings (SSSR count). The third-order valence-corrected chi connectivity index (χ3v) is 1.76. The maximum atomic E-state index is 10.8. The molecule has 0 aromatic carbocycles. The Morgan fingerprint density at radius 2 is 2.00 bits per heavy atom. The number of hydrogen-bond acceptors (Lipinski definition) is 4. The summed E-state index contributed by atoms with van der Waals surface area (Å²) in [5.41, 5.74) is -0.0374. The molecule has 0 saturated carbocycles. The van der Waals surface area contributed by atoms with E-state index in [9.17, 15) is 9.59 Å². The molecule has 64 valence electrons. The fourth-order valence-electron chi connectivity index (χ4n) is 0.769. The van der Waals surface area contributed by atoms with Crippen molar-refractivity contribution in [3.05, 3.63) is 22.4 Å². The van der Waals surface area contributed by atoms with Crippen molar-refractivity contribution in [3.63, 3.8) is 0 Å². The number of Topliss-reactive ketones (excluding diaryl/α,β-unsaturated/α-hetero) is 1. The van der Waals surface area contributed by atoms with Crippen LogP contribution in [-0.2, 0) is 9.59 Å².